The van der Waals surface area contributed by atoms with Crippen LogP contribution in [-0.2, 0) is 6.54 Å². The molecule has 0 saturated carbocycles. The Bertz CT molecular complexity index is 751. The number of rotatable bonds is 5. The van der Waals surface area contributed by atoms with E-state index < -0.39 is 0 Å². The topological polar surface area (TPSA) is 70.2 Å². The van der Waals surface area contributed by atoms with Crippen molar-refractivity contribution in [3.05, 3.63) is 65.4 Å². The molecule has 0 fully saturated rings. The van der Waals surface area contributed by atoms with E-state index in [0.717, 1.165) is 5.75 Å². The van der Waals surface area contributed by atoms with Gasteiger partial charge in [0.05, 0.1) is 12.1 Å². The number of nitrogens with zero attached hydrogens (tertiary/aromatic N) is 3. The first-order valence-electron chi connectivity index (χ1n) is 6.48. The lowest BCUT2D eigenvalue weighted by molar-refractivity contribution is 0.296. The lowest BCUT2D eigenvalue weighted by Gasteiger charge is -2.08. The van der Waals surface area contributed by atoms with Gasteiger partial charge in [-0.2, -0.15) is 0 Å². The van der Waals surface area contributed by atoms with Gasteiger partial charge >= 0.3 is 0 Å². The molecule has 2 heterocycles. The lowest BCUT2D eigenvalue weighted by atomic mass is 10.3. The van der Waals surface area contributed by atoms with Crippen LogP contribution in [0.25, 0.3) is 11.5 Å². The summed E-state index contributed by atoms with van der Waals surface area (Å²) in [6.45, 7) is 0.840. The summed E-state index contributed by atoms with van der Waals surface area (Å²) in [5.74, 6) is 1.16. The SMILES string of the molecule is O=c1ccc(-c2nnco2)cn1CCOc1ccccc1. The van der Waals surface area contributed by atoms with Crippen molar-refractivity contribution in [1.29, 1.82) is 0 Å². The van der Waals surface area contributed by atoms with E-state index in [1.807, 2.05) is 30.3 Å². The Morgan fingerprint density at radius 2 is 2.00 bits per heavy atom. The minimum atomic E-state index is -0.102. The summed E-state index contributed by atoms with van der Waals surface area (Å²) in [7, 11) is 0. The van der Waals surface area contributed by atoms with E-state index in [1.165, 1.54) is 12.5 Å². The van der Waals surface area contributed by atoms with E-state index >= 15 is 0 Å². The highest BCUT2D eigenvalue weighted by molar-refractivity contribution is 5.49. The lowest BCUT2D eigenvalue weighted by Crippen LogP contribution is -2.21. The molecule has 3 aromatic rings. The molecule has 0 unspecified atom stereocenters. The van der Waals surface area contributed by atoms with Crippen molar-refractivity contribution in [2.24, 2.45) is 0 Å². The van der Waals surface area contributed by atoms with Crippen LogP contribution in [0.3, 0.4) is 0 Å². The molecule has 1 aromatic carbocycles. The first-order valence-corrected chi connectivity index (χ1v) is 6.48. The summed E-state index contributed by atoms with van der Waals surface area (Å²) in [4.78, 5) is 11.8. The molecule has 0 atom stereocenters. The molecule has 6 heteroatoms. The van der Waals surface area contributed by atoms with Crippen LogP contribution in [0.4, 0.5) is 0 Å². The van der Waals surface area contributed by atoms with Crippen LogP contribution in [0.2, 0.25) is 0 Å². The molecule has 6 nitrogen and oxygen atoms in total. The number of pyridine rings is 1. The zero-order chi connectivity index (χ0) is 14.5. The molecule has 0 N–H and O–H groups in total. The fraction of sp³-hybridized carbons (Fsp3) is 0.133. The molecule has 0 radical (unpaired) electrons. The fourth-order valence-corrected chi connectivity index (χ4v) is 1.91. The third-order valence-electron chi connectivity index (χ3n) is 2.93. The molecule has 0 amide bonds. The van der Waals surface area contributed by atoms with Gasteiger partial charge < -0.3 is 13.7 Å². The number of ether oxygens (including phenoxy) is 1. The second-order valence-corrected chi connectivity index (χ2v) is 4.35. The molecule has 21 heavy (non-hydrogen) atoms. The van der Waals surface area contributed by atoms with E-state index in [0.29, 0.717) is 24.6 Å². The normalized spacial score (nSPS) is 10.5. The molecule has 0 aliphatic carbocycles. The Morgan fingerprint density at radius 3 is 2.76 bits per heavy atom. The average Bonchev–Trinajstić information content (AvgIpc) is 3.04. The maximum atomic E-state index is 11.8. The van der Waals surface area contributed by atoms with Crippen LogP contribution < -0.4 is 10.3 Å². The maximum Gasteiger partial charge on any atom is 0.250 e. The Hall–Kier alpha value is -2.89. The first-order chi connectivity index (χ1) is 10.3. The molecule has 0 aliphatic rings. The highest BCUT2D eigenvalue weighted by Crippen LogP contribution is 2.13. The van der Waals surface area contributed by atoms with Crippen molar-refractivity contribution >= 4 is 0 Å². The number of aromatic nitrogens is 3. The van der Waals surface area contributed by atoms with Gasteiger partial charge in [0.15, 0.2) is 0 Å². The van der Waals surface area contributed by atoms with Crippen molar-refractivity contribution in [3.63, 3.8) is 0 Å². The second kappa shape index (κ2) is 6.04. The van der Waals surface area contributed by atoms with Gasteiger partial charge in [0.2, 0.25) is 12.3 Å². The van der Waals surface area contributed by atoms with Crippen LogP contribution in [0, 0.1) is 0 Å². The third kappa shape index (κ3) is 3.17. The number of hydrogen-bond acceptors (Lipinski definition) is 5. The maximum absolute atomic E-state index is 11.8. The summed E-state index contributed by atoms with van der Waals surface area (Å²) >= 11 is 0. The van der Waals surface area contributed by atoms with Crippen LogP contribution in [0.5, 0.6) is 5.75 Å². The molecule has 2 aromatic heterocycles. The third-order valence-corrected chi connectivity index (χ3v) is 2.93. The molecule has 0 spiro atoms. The van der Waals surface area contributed by atoms with Gasteiger partial charge in [-0.3, -0.25) is 4.79 Å². The van der Waals surface area contributed by atoms with Gasteiger partial charge in [-0.15, -0.1) is 10.2 Å². The summed E-state index contributed by atoms with van der Waals surface area (Å²) < 4.78 is 12.3. The van der Waals surface area contributed by atoms with Gasteiger partial charge in [0.1, 0.15) is 12.4 Å². The Balaban J connectivity index is 1.70. The van der Waals surface area contributed by atoms with Crippen LogP contribution in [0.15, 0.2) is 64.3 Å². The highest BCUT2D eigenvalue weighted by Gasteiger charge is 2.06. The van der Waals surface area contributed by atoms with Gasteiger partial charge in [0, 0.05) is 12.3 Å². The van der Waals surface area contributed by atoms with Crippen molar-refractivity contribution in [1.82, 2.24) is 14.8 Å². The monoisotopic (exact) mass is 283 g/mol. The van der Waals surface area contributed by atoms with E-state index in [9.17, 15) is 4.79 Å². The van der Waals surface area contributed by atoms with Crippen LogP contribution >= 0.6 is 0 Å². The smallest absolute Gasteiger partial charge is 0.250 e. The molecule has 106 valence electrons. The zero-order valence-electron chi connectivity index (χ0n) is 11.2. The second-order valence-electron chi connectivity index (χ2n) is 4.35. The molecule has 3 rings (SSSR count). The fourth-order valence-electron chi connectivity index (χ4n) is 1.91. The average molecular weight is 283 g/mol. The molecular weight excluding hydrogens is 270 g/mol. The Morgan fingerprint density at radius 1 is 1.14 bits per heavy atom. The number of benzene rings is 1. The van der Waals surface area contributed by atoms with E-state index in [2.05, 4.69) is 10.2 Å². The quantitative estimate of drug-likeness (QED) is 0.716. The van der Waals surface area contributed by atoms with Crippen LogP contribution in [0.1, 0.15) is 0 Å². The van der Waals surface area contributed by atoms with Crippen molar-refractivity contribution in [2.75, 3.05) is 6.61 Å². The Labute approximate surface area is 120 Å². The highest BCUT2D eigenvalue weighted by atomic mass is 16.5. The molecule has 0 bridgehead atoms. The molecule has 0 aliphatic heterocycles. The van der Waals surface area contributed by atoms with Crippen LogP contribution in [-0.4, -0.2) is 21.4 Å². The number of para-hydroxylation sites is 1. The molecule has 0 saturated heterocycles. The first kappa shape index (κ1) is 13.1. The largest absolute Gasteiger partial charge is 0.492 e. The van der Waals surface area contributed by atoms with E-state index in [-0.39, 0.29) is 5.56 Å². The number of hydrogen-bond donors (Lipinski definition) is 0. The van der Waals surface area contributed by atoms with Gasteiger partial charge in [-0.05, 0) is 18.2 Å². The predicted molar refractivity (Wildman–Crippen MR) is 75.9 cm³/mol. The summed E-state index contributed by atoms with van der Waals surface area (Å²) in [5.41, 5.74) is 0.599. The van der Waals surface area contributed by atoms with E-state index in [4.69, 9.17) is 9.15 Å². The summed E-state index contributed by atoms with van der Waals surface area (Å²) in [6.07, 6.45) is 2.94. The summed E-state index contributed by atoms with van der Waals surface area (Å²) in [6, 6.07) is 12.6. The van der Waals surface area contributed by atoms with Gasteiger partial charge in [0.25, 0.3) is 5.56 Å². The van der Waals surface area contributed by atoms with Gasteiger partial charge in [-0.1, -0.05) is 18.2 Å². The zero-order valence-corrected chi connectivity index (χ0v) is 11.2. The minimum Gasteiger partial charge on any atom is -0.492 e. The minimum absolute atomic E-state index is 0.102. The predicted octanol–water partition coefficient (Wildman–Crippen LogP) is 1.98. The van der Waals surface area contributed by atoms with Crippen molar-refractivity contribution in [2.45, 2.75) is 6.54 Å². The molecular formula is C15H13N3O3. The van der Waals surface area contributed by atoms with Crippen molar-refractivity contribution < 1.29 is 9.15 Å². The van der Waals surface area contributed by atoms with Gasteiger partial charge in [-0.25, -0.2) is 0 Å². The standard InChI is InChI=1S/C15H13N3O3/c19-14-7-6-12(15-17-16-11-21-15)10-18(14)8-9-20-13-4-2-1-3-5-13/h1-7,10-11H,8-9H2. The van der Waals surface area contributed by atoms with Crippen molar-refractivity contribution in [3.8, 4) is 17.2 Å². The van der Waals surface area contributed by atoms with E-state index in [1.54, 1.807) is 16.8 Å². The Kier molecular flexibility index (Phi) is 3.77. The summed E-state index contributed by atoms with van der Waals surface area (Å²) in [5, 5.41) is 7.45.